The van der Waals surface area contributed by atoms with Gasteiger partial charge in [0.05, 0.1) is 10.2 Å². The molecule has 0 radical (unpaired) electrons. The molecular weight excluding hydrogens is 277 g/mol. The summed E-state index contributed by atoms with van der Waals surface area (Å²) in [6.07, 6.45) is 3.49. The number of hydrogen-bond acceptors (Lipinski definition) is 3. The minimum Gasteiger partial charge on any atom is -0.303 e. The van der Waals surface area contributed by atoms with Crippen LogP contribution in [0.3, 0.4) is 0 Å². The van der Waals surface area contributed by atoms with Crippen molar-refractivity contribution in [3.05, 3.63) is 21.4 Å². The molecule has 0 amide bonds. The van der Waals surface area contributed by atoms with Gasteiger partial charge in [-0.25, -0.2) is 0 Å². The van der Waals surface area contributed by atoms with E-state index in [4.69, 9.17) is 11.6 Å². The summed E-state index contributed by atoms with van der Waals surface area (Å²) < 4.78 is 0.829. The summed E-state index contributed by atoms with van der Waals surface area (Å²) in [6.45, 7) is 1.19. The average molecular weight is 291 g/mol. The van der Waals surface area contributed by atoms with Crippen molar-refractivity contribution in [2.45, 2.75) is 25.3 Å². The van der Waals surface area contributed by atoms with E-state index in [2.05, 4.69) is 38.1 Å². The van der Waals surface area contributed by atoms with Crippen molar-refractivity contribution in [3.63, 3.8) is 0 Å². The van der Waals surface area contributed by atoms with Crippen LogP contribution in [0, 0.1) is 0 Å². The van der Waals surface area contributed by atoms with Crippen molar-refractivity contribution in [2.75, 3.05) is 13.6 Å². The Balaban J connectivity index is 2.07. The van der Waals surface area contributed by atoms with Crippen molar-refractivity contribution >= 4 is 27.5 Å². The fourth-order valence-electron chi connectivity index (χ4n) is 1.97. The van der Waals surface area contributed by atoms with E-state index in [1.807, 2.05) is 6.07 Å². The van der Waals surface area contributed by atoms with Gasteiger partial charge in [0.25, 0.3) is 0 Å². The molecule has 0 aromatic carbocycles. The Morgan fingerprint density at radius 2 is 2.40 bits per heavy atom. The van der Waals surface area contributed by atoms with Gasteiger partial charge in [0.1, 0.15) is 0 Å². The van der Waals surface area contributed by atoms with Gasteiger partial charge >= 0.3 is 0 Å². The lowest BCUT2D eigenvalue weighted by atomic mass is 10.1. The average Bonchev–Trinajstić information content (AvgIpc) is 2.59. The number of halogens is 2. The highest BCUT2D eigenvalue weighted by Crippen LogP contribution is 2.22. The van der Waals surface area contributed by atoms with Crippen LogP contribution in [-0.4, -0.2) is 34.7 Å². The van der Waals surface area contributed by atoms with E-state index in [-0.39, 0.29) is 0 Å². The molecule has 0 N–H and O–H groups in total. The van der Waals surface area contributed by atoms with Crippen LogP contribution < -0.4 is 0 Å². The summed E-state index contributed by atoms with van der Waals surface area (Å²) in [6, 6.07) is 2.56. The number of nitrogens with zero attached hydrogens (tertiary/aromatic N) is 3. The molecular formula is C10H13BrClN3. The first-order valence-corrected chi connectivity index (χ1v) is 6.22. The molecule has 2 rings (SSSR count). The molecule has 3 nitrogen and oxygen atoms in total. The summed E-state index contributed by atoms with van der Waals surface area (Å²) in [5, 5.41) is 8.42. The Labute approximate surface area is 103 Å². The van der Waals surface area contributed by atoms with Crippen molar-refractivity contribution in [3.8, 4) is 0 Å². The highest BCUT2D eigenvalue weighted by Gasteiger charge is 2.21. The zero-order valence-corrected chi connectivity index (χ0v) is 10.9. The van der Waals surface area contributed by atoms with Gasteiger partial charge in [-0.1, -0.05) is 11.6 Å². The van der Waals surface area contributed by atoms with E-state index >= 15 is 0 Å². The number of aromatic nitrogens is 2. The maximum atomic E-state index is 5.80. The summed E-state index contributed by atoms with van der Waals surface area (Å²) in [4.78, 5) is 2.38. The van der Waals surface area contributed by atoms with Gasteiger partial charge < -0.3 is 4.90 Å². The molecule has 5 heteroatoms. The van der Waals surface area contributed by atoms with Crippen LogP contribution in [0.25, 0.3) is 0 Å². The molecule has 0 saturated carbocycles. The minimum atomic E-state index is 0.429. The van der Waals surface area contributed by atoms with Crippen LogP contribution in [0.2, 0.25) is 5.15 Å². The molecule has 1 atom stereocenters. The van der Waals surface area contributed by atoms with Crippen LogP contribution >= 0.6 is 27.5 Å². The summed E-state index contributed by atoms with van der Waals surface area (Å²) >= 11 is 9.16. The van der Waals surface area contributed by atoms with Crippen molar-refractivity contribution in [2.24, 2.45) is 0 Å². The minimum absolute atomic E-state index is 0.429. The maximum Gasteiger partial charge on any atom is 0.165 e. The normalized spacial score (nSPS) is 22.2. The Hall–Kier alpha value is -0.190. The standard InChI is InChI=1S/C10H13BrClN3/c1-15-4-2-3-8(15)5-7-6-9(11)10(12)14-13-7/h6,8H,2-5H2,1H3. The Kier molecular flexibility index (Phi) is 3.59. The lowest BCUT2D eigenvalue weighted by Gasteiger charge is -2.18. The predicted molar refractivity (Wildman–Crippen MR) is 64.1 cm³/mol. The Morgan fingerprint density at radius 1 is 1.60 bits per heavy atom. The third kappa shape index (κ3) is 2.68. The topological polar surface area (TPSA) is 29.0 Å². The molecule has 15 heavy (non-hydrogen) atoms. The smallest absolute Gasteiger partial charge is 0.165 e. The van der Waals surface area contributed by atoms with Gasteiger partial charge in [0.15, 0.2) is 5.15 Å². The predicted octanol–water partition coefficient (Wildman–Crippen LogP) is 2.53. The van der Waals surface area contributed by atoms with Gasteiger partial charge in [-0.05, 0) is 48.4 Å². The highest BCUT2D eigenvalue weighted by atomic mass is 79.9. The monoisotopic (exact) mass is 289 g/mol. The number of likely N-dealkylation sites (tertiary alicyclic amines) is 1. The van der Waals surface area contributed by atoms with Gasteiger partial charge in [0.2, 0.25) is 0 Å². The summed E-state index contributed by atoms with van der Waals surface area (Å²) in [5.41, 5.74) is 1.00. The number of likely N-dealkylation sites (N-methyl/N-ethyl adjacent to an activating group) is 1. The molecule has 0 bridgehead atoms. The van der Waals surface area contributed by atoms with Gasteiger partial charge in [-0.3, -0.25) is 0 Å². The number of rotatable bonds is 2. The quantitative estimate of drug-likeness (QED) is 0.838. The second kappa shape index (κ2) is 4.76. The largest absolute Gasteiger partial charge is 0.303 e. The number of hydrogen-bond donors (Lipinski definition) is 0. The molecule has 2 heterocycles. The third-order valence-corrected chi connectivity index (χ3v) is 3.98. The SMILES string of the molecule is CN1CCCC1Cc1cc(Br)c(Cl)nn1. The molecule has 1 aliphatic heterocycles. The molecule has 1 aromatic heterocycles. The fourth-order valence-corrected chi connectivity index (χ4v) is 2.40. The first-order valence-electron chi connectivity index (χ1n) is 5.04. The second-order valence-corrected chi connectivity index (χ2v) is 5.17. The Morgan fingerprint density at radius 3 is 3.00 bits per heavy atom. The Bertz CT molecular complexity index is 359. The first kappa shape index (κ1) is 11.3. The zero-order chi connectivity index (χ0) is 10.8. The lowest BCUT2D eigenvalue weighted by molar-refractivity contribution is 0.307. The fraction of sp³-hybridized carbons (Fsp3) is 0.600. The first-order chi connectivity index (χ1) is 7.16. The van der Waals surface area contributed by atoms with E-state index in [9.17, 15) is 0 Å². The van der Waals surface area contributed by atoms with Crippen LogP contribution in [0.1, 0.15) is 18.5 Å². The summed E-state index contributed by atoms with van der Waals surface area (Å²) in [5.74, 6) is 0. The molecule has 1 saturated heterocycles. The molecule has 1 aromatic rings. The third-order valence-electron chi connectivity index (χ3n) is 2.87. The van der Waals surface area contributed by atoms with Gasteiger partial charge in [-0.2, -0.15) is 5.10 Å². The van der Waals surface area contributed by atoms with Gasteiger partial charge in [0, 0.05) is 12.5 Å². The lowest BCUT2D eigenvalue weighted by Crippen LogP contribution is -2.27. The molecule has 1 fully saturated rings. The van der Waals surface area contributed by atoms with Crippen molar-refractivity contribution < 1.29 is 0 Å². The van der Waals surface area contributed by atoms with Crippen LogP contribution in [-0.2, 0) is 6.42 Å². The molecule has 0 spiro atoms. The van der Waals surface area contributed by atoms with E-state index in [1.54, 1.807) is 0 Å². The van der Waals surface area contributed by atoms with E-state index < -0.39 is 0 Å². The molecule has 1 unspecified atom stereocenters. The van der Waals surface area contributed by atoms with Crippen LogP contribution in [0.15, 0.2) is 10.5 Å². The van der Waals surface area contributed by atoms with Crippen LogP contribution in [0.4, 0.5) is 0 Å². The molecule has 0 aliphatic carbocycles. The van der Waals surface area contributed by atoms with E-state index in [0.29, 0.717) is 11.2 Å². The van der Waals surface area contributed by atoms with Crippen molar-refractivity contribution in [1.29, 1.82) is 0 Å². The summed E-state index contributed by atoms with van der Waals surface area (Å²) in [7, 11) is 2.16. The molecule has 1 aliphatic rings. The highest BCUT2D eigenvalue weighted by molar-refractivity contribution is 9.10. The van der Waals surface area contributed by atoms with Gasteiger partial charge in [-0.15, -0.1) is 5.10 Å². The van der Waals surface area contributed by atoms with E-state index in [1.165, 1.54) is 19.4 Å². The maximum absolute atomic E-state index is 5.80. The van der Waals surface area contributed by atoms with E-state index in [0.717, 1.165) is 16.6 Å². The zero-order valence-electron chi connectivity index (χ0n) is 8.58. The second-order valence-electron chi connectivity index (χ2n) is 3.96. The molecule has 82 valence electrons. The van der Waals surface area contributed by atoms with Crippen molar-refractivity contribution in [1.82, 2.24) is 15.1 Å². The van der Waals surface area contributed by atoms with Crippen LogP contribution in [0.5, 0.6) is 0 Å².